The van der Waals surface area contributed by atoms with E-state index >= 15 is 0 Å². The number of aromatic nitrogens is 1. The number of nitrogens with one attached hydrogen (secondary N) is 2. The Morgan fingerprint density at radius 3 is 2.44 bits per heavy atom. The standard InChI is InChI=1S/C16H16F3N3O3.C2HF3O2/c1-9-5-11(7-20-9)22-14(23)15-21-8-13(24-15)10-3-2-4-12(6-10)25-16(17,18)19;3-2(4,5)1(6)7/h2-4,6,8-9,11,20H,5,7H2,1H3,(H,22,23);(H,6,7)/t9-,11-;/m1./s1. The molecule has 8 nitrogen and oxygen atoms in total. The lowest BCUT2D eigenvalue weighted by atomic mass is 10.2. The van der Waals surface area contributed by atoms with E-state index in [-0.39, 0.29) is 23.4 Å². The molecule has 0 radical (unpaired) electrons. The summed E-state index contributed by atoms with van der Waals surface area (Å²) in [4.78, 5) is 24.9. The van der Waals surface area contributed by atoms with E-state index in [4.69, 9.17) is 14.3 Å². The van der Waals surface area contributed by atoms with Crippen molar-refractivity contribution in [2.45, 2.75) is 38.0 Å². The Hall–Kier alpha value is -3.29. The van der Waals surface area contributed by atoms with Crippen molar-refractivity contribution in [1.29, 1.82) is 0 Å². The lowest BCUT2D eigenvalue weighted by Gasteiger charge is -2.09. The van der Waals surface area contributed by atoms with E-state index in [1.807, 2.05) is 6.92 Å². The topological polar surface area (TPSA) is 114 Å². The van der Waals surface area contributed by atoms with Crippen LogP contribution < -0.4 is 15.4 Å². The van der Waals surface area contributed by atoms with Gasteiger partial charge in [0.2, 0.25) is 0 Å². The minimum atomic E-state index is -5.08. The number of hydrogen-bond donors (Lipinski definition) is 3. The zero-order chi connectivity index (χ0) is 24.1. The number of carboxylic acid groups (broad SMARTS) is 1. The maximum atomic E-state index is 12.3. The maximum Gasteiger partial charge on any atom is 0.573 e. The summed E-state index contributed by atoms with van der Waals surface area (Å²) in [6, 6.07) is 5.58. The molecule has 1 saturated heterocycles. The van der Waals surface area contributed by atoms with Crippen molar-refractivity contribution >= 4 is 11.9 Å². The number of alkyl halides is 6. The largest absolute Gasteiger partial charge is 0.573 e. The second-order valence-corrected chi connectivity index (χ2v) is 6.62. The van der Waals surface area contributed by atoms with Crippen molar-refractivity contribution < 1.29 is 50.2 Å². The number of hydrogen-bond acceptors (Lipinski definition) is 6. The molecule has 176 valence electrons. The van der Waals surface area contributed by atoms with Crippen LogP contribution in [0.3, 0.4) is 0 Å². The van der Waals surface area contributed by atoms with Crippen LogP contribution in [0, 0.1) is 0 Å². The number of halogens is 6. The van der Waals surface area contributed by atoms with Crippen LogP contribution in [0.4, 0.5) is 26.3 Å². The third-order valence-electron chi connectivity index (χ3n) is 3.98. The average Bonchev–Trinajstić information content (AvgIpc) is 3.29. The van der Waals surface area contributed by atoms with Crippen molar-refractivity contribution in [3.63, 3.8) is 0 Å². The van der Waals surface area contributed by atoms with Gasteiger partial charge >= 0.3 is 24.4 Å². The summed E-state index contributed by atoms with van der Waals surface area (Å²) in [6.07, 6.45) is -7.77. The van der Waals surface area contributed by atoms with Crippen LogP contribution >= 0.6 is 0 Å². The third-order valence-corrected chi connectivity index (χ3v) is 3.98. The fourth-order valence-electron chi connectivity index (χ4n) is 2.65. The molecule has 32 heavy (non-hydrogen) atoms. The molecule has 3 N–H and O–H groups in total. The Balaban J connectivity index is 0.000000451. The quantitative estimate of drug-likeness (QED) is 0.589. The van der Waals surface area contributed by atoms with Gasteiger partial charge < -0.3 is 24.9 Å². The van der Waals surface area contributed by atoms with Crippen LogP contribution in [-0.4, -0.2) is 53.1 Å². The van der Waals surface area contributed by atoms with E-state index in [9.17, 15) is 31.1 Å². The first-order valence-electron chi connectivity index (χ1n) is 8.91. The number of nitrogens with zero attached hydrogens (tertiary/aromatic N) is 1. The van der Waals surface area contributed by atoms with E-state index in [2.05, 4.69) is 20.4 Å². The molecule has 1 aliphatic rings. The molecule has 0 bridgehead atoms. The number of carboxylic acids is 1. The molecule has 2 heterocycles. The lowest BCUT2D eigenvalue weighted by Crippen LogP contribution is -2.36. The van der Waals surface area contributed by atoms with Crippen molar-refractivity contribution in [3.8, 4) is 17.1 Å². The zero-order valence-corrected chi connectivity index (χ0v) is 16.3. The number of benzene rings is 1. The molecular formula is C18H17F6N3O5. The van der Waals surface area contributed by atoms with Gasteiger partial charge in [0.05, 0.1) is 6.20 Å². The number of carbonyl (C=O) groups excluding carboxylic acids is 1. The first-order valence-corrected chi connectivity index (χ1v) is 8.91. The van der Waals surface area contributed by atoms with Gasteiger partial charge in [-0.05, 0) is 25.5 Å². The molecule has 0 aliphatic carbocycles. The van der Waals surface area contributed by atoms with Crippen molar-refractivity contribution in [2.75, 3.05) is 6.54 Å². The van der Waals surface area contributed by atoms with E-state index in [1.165, 1.54) is 24.4 Å². The third kappa shape index (κ3) is 7.76. The Kier molecular flexibility index (Phi) is 7.72. The molecule has 1 aliphatic heterocycles. The molecule has 0 spiro atoms. The fourth-order valence-corrected chi connectivity index (χ4v) is 2.65. The highest BCUT2D eigenvalue weighted by Gasteiger charge is 2.38. The highest BCUT2D eigenvalue weighted by atomic mass is 19.4. The lowest BCUT2D eigenvalue weighted by molar-refractivity contribution is -0.274. The van der Waals surface area contributed by atoms with Crippen LogP contribution in [0.5, 0.6) is 5.75 Å². The average molecular weight is 469 g/mol. The van der Waals surface area contributed by atoms with Crippen molar-refractivity contribution in [3.05, 3.63) is 36.4 Å². The van der Waals surface area contributed by atoms with Gasteiger partial charge in [0, 0.05) is 24.2 Å². The summed E-state index contributed by atoms with van der Waals surface area (Å²) >= 11 is 0. The Labute approximate surface area is 176 Å². The molecule has 1 amide bonds. The number of aliphatic carboxylic acids is 1. The van der Waals surface area contributed by atoms with Crippen LogP contribution in [0.2, 0.25) is 0 Å². The Morgan fingerprint density at radius 1 is 1.25 bits per heavy atom. The van der Waals surface area contributed by atoms with Crippen molar-refractivity contribution in [2.24, 2.45) is 0 Å². The van der Waals surface area contributed by atoms with Gasteiger partial charge in [-0.1, -0.05) is 12.1 Å². The summed E-state index contributed by atoms with van der Waals surface area (Å²) < 4.78 is 77.8. The highest BCUT2D eigenvalue weighted by molar-refractivity contribution is 5.90. The normalized spacial score (nSPS) is 18.5. The summed E-state index contributed by atoms with van der Waals surface area (Å²) in [5.74, 6) is -3.56. The first kappa shape index (κ1) is 25.0. The van der Waals surface area contributed by atoms with Gasteiger partial charge in [-0.3, -0.25) is 4.79 Å². The van der Waals surface area contributed by atoms with Crippen LogP contribution in [-0.2, 0) is 4.79 Å². The van der Waals surface area contributed by atoms with Gasteiger partial charge in [-0.2, -0.15) is 13.2 Å². The highest BCUT2D eigenvalue weighted by Crippen LogP contribution is 2.28. The second-order valence-electron chi connectivity index (χ2n) is 6.62. The minimum absolute atomic E-state index is 0.0126. The Morgan fingerprint density at radius 2 is 1.91 bits per heavy atom. The summed E-state index contributed by atoms with van der Waals surface area (Å²) in [7, 11) is 0. The molecular weight excluding hydrogens is 452 g/mol. The molecule has 1 fully saturated rings. The van der Waals surface area contributed by atoms with E-state index in [0.29, 0.717) is 18.2 Å². The molecule has 0 unspecified atom stereocenters. The van der Waals surface area contributed by atoms with Gasteiger partial charge in [0.1, 0.15) is 5.75 Å². The van der Waals surface area contributed by atoms with Crippen LogP contribution in [0.15, 0.2) is 34.9 Å². The van der Waals surface area contributed by atoms with E-state index < -0.39 is 24.4 Å². The number of amides is 1. The summed E-state index contributed by atoms with van der Waals surface area (Å²) in [5.41, 5.74) is 0.324. The van der Waals surface area contributed by atoms with Crippen LogP contribution in [0.1, 0.15) is 24.0 Å². The molecule has 14 heteroatoms. The second kappa shape index (κ2) is 9.89. The fraction of sp³-hybridized carbons (Fsp3) is 0.389. The monoisotopic (exact) mass is 469 g/mol. The number of carbonyl (C=O) groups is 2. The zero-order valence-electron chi connectivity index (χ0n) is 16.3. The van der Waals surface area contributed by atoms with Gasteiger partial charge in [0.25, 0.3) is 5.89 Å². The molecule has 0 saturated carbocycles. The van der Waals surface area contributed by atoms with E-state index in [1.54, 1.807) is 0 Å². The molecule has 2 atom stereocenters. The predicted molar refractivity (Wildman–Crippen MR) is 95.6 cm³/mol. The molecule has 1 aromatic heterocycles. The molecule has 2 aromatic rings. The summed E-state index contributed by atoms with van der Waals surface area (Å²) in [6.45, 7) is 2.68. The number of oxazole rings is 1. The minimum Gasteiger partial charge on any atom is -0.475 e. The number of ether oxygens (including phenoxy) is 1. The smallest absolute Gasteiger partial charge is 0.475 e. The van der Waals surface area contributed by atoms with Crippen molar-refractivity contribution in [1.82, 2.24) is 15.6 Å². The van der Waals surface area contributed by atoms with Gasteiger partial charge in [0.15, 0.2) is 5.76 Å². The predicted octanol–water partition coefficient (Wildman–Crippen LogP) is 3.35. The summed E-state index contributed by atoms with van der Waals surface area (Å²) in [5, 5.41) is 13.1. The van der Waals surface area contributed by atoms with Gasteiger partial charge in [-0.15, -0.1) is 13.2 Å². The molecule has 1 aromatic carbocycles. The first-order chi connectivity index (χ1) is 14.7. The maximum absolute atomic E-state index is 12.3. The SMILES string of the molecule is C[C@@H]1C[C@@H](NC(=O)c2ncc(-c3cccc(OC(F)(F)F)c3)o2)CN1.O=C(O)C(F)(F)F. The Bertz CT molecular complexity index is 944. The van der Waals surface area contributed by atoms with E-state index in [0.717, 1.165) is 12.5 Å². The molecule has 3 rings (SSSR count). The number of rotatable bonds is 4. The van der Waals surface area contributed by atoms with Crippen LogP contribution in [0.25, 0.3) is 11.3 Å². The van der Waals surface area contributed by atoms with Gasteiger partial charge in [-0.25, -0.2) is 9.78 Å².